The number of hydrogen-bond acceptors (Lipinski definition) is 5. The number of aryl methyl sites for hydroxylation is 1. The standard InChI is InChI=1S/C27H32N4O4.ClH/c28-15-7-6-11-23(29)26(33)31(21(18-32)14-13-19-8-2-1-3-9-19)25(27(34)35)16-20-17-30-24-12-5-4-10-22(20)24;/h1-5,8-10,12,17,23,25,30H,6-7,11,13-16,28-29H2,(H,34,35);1H/t23-,25+;/m1./s1. The highest BCUT2D eigenvalue weighted by Crippen LogP contribution is 2.24. The number of carbonyl (C=O) groups excluding carboxylic acids is 2. The van der Waals surface area contributed by atoms with Crippen LogP contribution < -0.4 is 11.5 Å². The molecule has 0 unspecified atom stereocenters. The van der Waals surface area contributed by atoms with Crippen LogP contribution in [0.25, 0.3) is 10.9 Å². The van der Waals surface area contributed by atoms with Crippen molar-refractivity contribution in [3.05, 3.63) is 77.6 Å². The maximum Gasteiger partial charge on any atom is 0.327 e. The molecule has 3 rings (SSSR count). The minimum Gasteiger partial charge on any atom is -0.480 e. The summed E-state index contributed by atoms with van der Waals surface area (Å²) in [5.74, 6) is 0.0387. The third kappa shape index (κ3) is 7.29. The van der Waals surface area contributed by atoms with Gasteiger partial charge >= 0.3 is 5.97 Å². The second-order valence-electron chi connectivity index (χ2n) is 8.55. The molecule has 0 saturated carbocycles. The SMILES string of the molecule is Cl.NCCCC[C@@H](N)C(=O)N(C(=C=O)CCc1ccccc1)[C@@H](Cc1c[nH]c2ccccc12)C(=O)O. The number of carbonyl (C=O) groups is 2. The largest absolute Gasteiger partial charge is 0.480 e. The summed E-state index contributed by atoms with van der Waals surface area (Å²) in [5, 5.41) is 11.0. The van der Waals surface area contributed by atoms with Crippen LogP contribution in [0.15, 0.2) is 66.5 Å². The van der Waals surface area contributed by atoms with Gasteiger partial charge in [-0.1, -0.05) is 55.0 Å². The third-order valence-electron chi connectivity index (χ3n) is 6.11. The number of carboxylic acid groups (broad SMARTS) is 1. The number of benzene rings is 2. The smallest absolute Gasteiger partial charge is 0.327 e. The number of halogens is 1. The molecule has 6 N–H and O–H groups in total. The molecule has 192 valence electrons. The Hall–Kier alpha value is -3.42. The lowest BCUT2D eigenvalue weighted by molar-refractivity contribution is -0.149. The van der Waals surface area contributed by atoms with Crippen molar-refractivity contribution in [2.24, 2.45) is 11.5 Å². The summed E-state index contributed by atoms with van der Waals surface area (Å²) >= 11 is 0. The number of H-pyrrole nitrogens is 1. The predicted molar refractivity (Wildman–Crippen MR) is 142 cm³/mol. The Morgan fingerprint density at radius 2 is 1.75 bits per heavy atom. The van der Waals surface area contributed by atoms with Crippen molar-refractivity contribution in [1.82, 2.24) is 9.88 Å². The molecule has 1 aromatic heterocycles. The van der Waals surface area contributed by atoms with Gasteiger partial charge in [-0.15, -0.1) is 12.4 Å². The maximum absolute atomic E-state index is 13.5. The van der Waals surface area contributed by atoms with Crippen LogP contribution in [0.3, 0.4) is 0 Å². The van der Waals surface area contributed by atoms with E-state index in [1.54, 1.807) is 6.20 Å². The predicted octanol–water partition coefficient (Wildman–Crippen LogP) is 3.22. The van der Waals surface area contributed by atoms with E-state index in [0.29, 0.717) is 32.2 Å². The zero-order chi connectivity index (χ0) is 25.2. The second kappa shape index (κ2) is 14.2. The Morgan fingerprint density at radius 1 is 1.06 bits per heavy atom. The first-order chi connectivity index (χ1) is 17.0. The molecule has 0 saturated heterocycles. The van der Waals surface area contributed by atoms with Crippen LogP contribution in [0.5, 0.6) is 0 Å². The van der Waals surface area contributed by atoms with Crippen LogP contribution in [0, 0.1) is 0 Å². The van der Waals surface area contributed by atoms with Crippen LogP contribution in [0.1, 0.15) is 36.8 Å². The number of nitrogens with one attached hydrogen (secondary N) is 1. The molecule has 2 aromatic carbocycles. The number of allylic oxidation sites excluding steroid dienone is 1. The van der Waals surface area contributed by atoms with Gasteiger partial charge in [-0.25, -0.2) is 9.59 Å². The lowest BCUT2D eigenvalue weighted by atomic mass is 9.99. The van der Waals surface area contributed by atoms with Gasteiger partial charge in [-0.2, -0.15) is 0 Å². The Kier molecular flexibility index (Phi) is 11.4. The summed E-state index contributed by atoms with van der Waals surface area (Å²) in [6.45, 7) is 0.472. The van der Waals surface area contributed by atoms with E-state index in [1.165, 1.54) is 0 Å². The molecular weight excluding hydrogens is 480 g/mol. The van der Waals surface area contributed by atoms with Crippen LogP contribution >= 0.6 is 12.4 Å². The highest BCUT2D eigenvalue weighted by atomic mass is 35.5. The molecule has 0 bridgehead atoms. The summed E-state index contributed by atoms with van der Waals surface area (Å²) in [4.78, 5) is 42.2. The van der Waals surface area contributed by atoms with Crippen LogP contribution in [-0.2, 0) is 27.2 Å². The normalized spacial score (nSPS) is 12.3. The molecule has 3 aromatic rings. The number of unbranched alkanes of at least 4 members (excludes halogenated alkanes) is 1. The summed E-state index contributed by atoms with van der Waals surface area (Å²) in [6, 6.07) is 14.7. The topological polar surface area (TPSA) is 143 Å². The number of nitrogens with two attached hydrogens (primary N) is 2. The number of para-hydroxylation sites is 1. The maximum atomic E-state index is 13.5. The number of fused-ring (bicyclic) bond motifs is 1. The Balaban J connectivity index is 0.00000456. The minimum atomic E-state index is -1.31. The molecule has 0 radical (unpaired) electrons. The molecule has 2 atom stereocenters. The third-order valence-corrected chi connectivity index (χ3v) is 6.11. The molecule has 0 spiro atoms. The number of carboxylic acids is 1. The van der Waals surface area contributed by atoms with E-state index in [1.807, 2.05) is 60.5 Å². The van der Waals surface area contributed by atoms with E-state index < -0.39 is 24.0 Å². The van der Waals surface area contributed by atoms with Crippen LogP contribution in [0.4, 0.5) is 0 Å². The number of hydrogen-bond donors (Lipinski definition) is 4. The fourth-order valence-corrected chi connectivity index (χ4v) is 4.21. The van der Waals surface area contributed by atoms with E-state index in [0.717, 1.165) is 26.9 Å². The van der Waals surface area contributed by atoms with Crippen molar-refractivity contribution in [2.45, 2.75) is 50.6 Å². The van der Waals surface area contributed by atoms with E-state index >= 15 is 0 Å². The molecule has 36 heavy (non-hydrogen) atoms. The molecule has 0 aliphatic heterocycles. The van der Waals surface area contributed by atoms with E-state index in [-0.39, 0.29) is 30.9 Å². The van der Waals surface area contributed by atoms with E-state index in [2.05, 4.69) is 4.98 Å². The van der Waals surface area contributed by atoms with E-state index in [9.17, 15) is 19.5 Å². The van der Waals surface area contributed by atoms with Crippen molar-refractivity contribution < 1.29 is 19.5 Å². The molecule has 0 fully saturated rings. The van der Waals surface area contributed by atoms with Crippen molar-refractivity contribution in [1.29, 1.82) is 0 Å². The molecule has 0 aliphatic rings. The van der Waals surface area contributed by atoms with Gasteiger partial charge in [0, 0.05) is 29.9 Å². The summed E-state index contributed by atoms with van der Waals surface area (Å²) in [7, 11) is 0. The molecule has 9 heteroatoms. The molecule has 8 nitrogen and oxygen atoms in total. The number of aromatic nitrogens is 1. The van der Waals surface area contributed by atoms with Crippen LogP contribution in [-0.4, -0.2) is 51.4 Å². The highest BCUT2D eigenvalue weighted by molar-refractivity contribution is 5.91. The Morgan fingerprint density at radius 3 is 2.42 bits per heavy atom. The average molecular weight is 513 g/mol. The average Bonchev–Trinajstić information content (AvgIpc) is 3.28. The lowest BCUT2D eigenvalue weighted by Crippen LogP contribution is -2.52. The first-order valence-corrected chi connectivity index (χ1v) is 11.8. The monoisotopic (exact) mass is 512 g/mol. The van der Waals surface area contributed by atoms with Gasteiger partial charge in [0.15, 0.2) is 0 Å². The fraction of sp³-hybridized carbons (Fsp3) is 0.333. The number of nitrogens with zero attached hydrogens (tertiary/aromatic N) is 1. The zero-order valence-corrected chi connectivity index (χ0v) is 20.9. The van der Waals surface area contributed by atoms with Gasteiger partial charge in [0.1, 0.15) is 17.7 Å². The summed E-state index contributed by atoms with van der Waals surface area (Å²) in [6.07, 6.45) is 4.03. The number of rotatable bonds is 13. The van der Waals surface area contributed by atoms with Crippen molar-refractivity contribution >= 4 is 41.1 Å². The van der Waals surface area contributed by atoms with Crippen molar-refractivity contribution in [3.63, 3.8) is 0 Å². The van der Waals surface area contributed by atoms with Gasteiger partial charge in [0.25, 0.3) is 0 Å². The first-order valence-electron chi connectivity index (χ1n) is 11.8. The summed E-state index contributed by atoms with van der Waals surface area (Å²) in [5.41, 5.74) is 14.3. The zero-order valence-electron chi connectivity index (χ0n) is 20.1. The number of amides is 1. The number of aliphatic carboxylic acids is 1. The molecular formula is C27H33ClN4O4. The Bertz CT molecular complexity index is 1190. The summed E-state index contributed by atoms with van der Waals surface area (Å²) < 4.78 is 0. The Labute approximate surface area is 216 Å². The van der Waals surface area contributed by atoms with Crippen molar-refractivity contribution in [3.8, 4) is 0 Å². The van der Waals surface area contributed by atoms with Crippen molar-refractivity contribution in [2.75, 3.05) is 6.54 Å². The van der Waals surface area contributed by atoms with Gasteiger partial charge in [-0.3, -0.25) is 9.69 Å². The molecule has 0 aliphatic carbocycles. The van der Waals surface area contributed by atoms with Gasteiger partial charge < -0.3 is 21.6 Å². The highest BCUT2D eigenvalue weighted by Gasteiger charge is 2.36. The van der Waals surface area contributed by atoms with Crippen LogP contribution in [0.2, 0.25) is 0 Å². The molecule has 1 amide bonds. The second-order valence-corrected chi connectivity index (χ2v) is 8.55. The van der Waals surface area contributed by atoms with Gasteiger partial charge in [-0.05, 0) is 43.0 Å². The fourth-order valence-electron chi connectivity index (χ4n) is 4.21. The lowest BCUT2D eigenvalue weighted by Gasteiger charge is -2.31. The quantitative estimate of drug-likeness (QED) is 0.204. The minimum absolute atomic E-state index is 0. The van der Waals surface area contributed by atoms with Gasteiger partial charge in [0.2, 0.25) is 5.91 Å². The van der Waals surface area contributed by atoms with Gasteiger partial charge in [0.05, 0.1) is 6.04 Å². The van der Waals surface area contributed by atoms with E-state index in [4.69, 9.17) is 11.5 Å². The molecule has 1 heterocycles. The number of aromatic amines is 1. The first kappa shape index (κ1) is 28.8.